The standard InChI is InChI=1S/C24H27N3O4/c1-30-24(29)16-5-7-20(8-6-16)31-22-11-18-14-26(13-17(18)10-21(22)28)15-23-25-12-19-4-2-3-9-27(19)23/h2-9,12,17-18,21-22,28H,10-11,13-15H2,1H3/t17-,18+,21-,22-/m0/s1. The van der Waals surface area contributed by atoms with Crippen LogP contribution in [0.5, 0.6) is 5.75 Å². The second-order valence-electron chi connectivity index (χ2n) is 8.60. The van der Waals surface area contributed by atoms with E-state index >= 15 is 0 Å². The summed E-state index contributed by atoms with van der Waals surface area (Å²) in [5.41, 5.74) is 1.59. The number of rotatable bonds is 5. The molecule has 1 aliphatic heterocycles. The Morgan fingerprint density at radius 1 is 1.13 bits per heavy atom. The van der Waals surface area contributed by atoms with Crippen molar-refractivity contribution < 1.29 is 19.4 Å². The fourth-order valence-corrected chi connectivity index (χ4v) is 5.02. The Balaban J connectivity index is 1.22. The molecule has 1 saturated heterocycles. The molecule has 5 rings (SSSR count). The maximum Gasteiger partial charge on any atom is 0.337 e. The molecule has 0 bridgehead atoms. The van der Waals surface area contributed by atoms with Gasteiger partial charge in [0.1, 0.15) is 17.7 Å². The van der Waals surface area contributed by atoms with Crippen LogP contribution in [0.15, 0.2) is 54.9 Å². The first-order valence-corrected chi connectivity index (χ1v) is 10.8. The fraction of sp³-hybridized carbons (Fsp3) is 0.417. The monoisotopic (exact) mass is 421 g/mol. The zero-order chi connectivity index (χ0) is 21.4. The minimum Gasteiger partial charge on any atom is -0.488 e. The van der Waals surface area contributed by atoms with Crippen molar-refractivity contribution in [3.05, 3.63) is 66.2 Å². The summed E-state index contributed by atoms with van der Waals surface area (Å²) in [7, 11) is 1.36. The fourth-order valence-electron chi connectivity index (χ4n) is 5.02. The zero-order valence-electron chi connectivity index (χ0n) is 17.6. The Kier molecular flexibility index (Phi) is 5.38. The van der Waals surface area contributed by atoms with E-state index in [0.717, 1.165) is 43.8 Å². The molecule has 1 saturated carbocycles. The summed E-state index contributed by atoms with van der Waals surface area (Å²) in [6.07, 6.45) is 4.81. The van der Waals surface area contributed by atoms with Crippen LogP contribution in [0.25, 0.3) is 5.52 Å². The number of aliphatic hydroxyl groups is 1. The number of pyridine rings is 1. The third-order valence-electron chi connectivity index (χ3n) is 6.60. The highest BCUT2D eigenvalue weighted by molar-refractivity contribution is 5.89. The highest BCUT2D eigenvalue weighted by atomic mass is 16.5. The lowest BCUT2D eigenvalue weighted by Gasteiger charge is -2.35. The number of benzene rings is 1. The van der Waals surface area contributed by atoms with Gasteiger partial charge in [-0.3, -0.25) is 4.90 Å². The number of nitrogens with zero attached hydrogens (tertiary/aromatic N) is 3. The van der Waals surface area contributed by atoms with Gasteiger partial charge in [-0.1, -0.05) is 6.07 Å². The van der Waals surface area contributed by atoms with Gasteiger partial charge in [0.05, 0.1) is 37.0 Å². The van der Waals surface area contributed by atoms with Gasteiger partial charge in [-0.25, -0.2) is 9.78 Å². The average Bonchev–Trinajstić information content (AvgIpc) is 3.37. The molecular weight excluding hydrogens is 394 g/mol. The van der Waals surface area contributed by atoms with Gasteiger partial charge in [-0.15, -0.1) is 0 Å². The molecule has 3 aromatic rings. The van der Waals surface area contributed by atoms with E-state index in [2.05, 4.69) is 26.5 Å². The molecule has 2 fully saturated rings. The van der Waals surface area contributed by atoms with Gasteiger partial charge in [0.2, 0.25) is 0 Å². The van der Waals surface area contributed by atoms with Crippen LogP contribution in [-0.2, 0) is 11.3 Å². The number of hydrogen-bond donors (Lipinski definition) is 1. The molecule has 0 amide bonds. The first kappa shape index (κ1) is 20.0. The summed E-state index contributed by atoms with van der Waals surface area (Å²) in [5, 5.41) is 10.7. The van der Waals surface area contributed by atoms with E-state index in [1.165, 1.54) is 7.11 Å². The predicted octanol–water partition coefficient (Wildman–Crippen LogP) is 2.77. The third-order valence-corrected chi connectivity index (χ3v) is 6.60. The summed E-state index contributed by atoms with van der Waals surface area (Å²) in [6.45, 7) is 2.77. The number of ether oxygens (including phenoxy) is 2. The number of methoxy groups -OCH3 is 1. The van der Waals surface area contributed by atoms with E-state index in [0.29, 0.717) is 23.1 Å². The van der Waals surface area contributed by atoms with E-state index in [1.54, 1.807) is 24.3 Å². The smallest absolute Gasteiger partial charge is 0.337 e. The molecule has 2 aromatic heterocycles. The first-order chi connectivity index (χ1) is 15.1. The molecule has 1 aromatic carbocycles. The summed E-state index contributed by atoms with van der Waals surface area (Å²) < 4.78 is 13.0. The van der Waals surface area contributed by atoms with Crippen LogP contribution in [0.3, 0.4) is 0 Å². The van der Waals surface area contributed by atoms with Gasteiger partial charge in [0.15, 0.2) is 0 Å². The summed E-state index contributed by atoms with van der Waals surface area (Å²) in [4.78, 5) is 18.6. The summed E-state index contributed by atoms with van der Waals surface area (Å²) >= 11 is 0. The van der Waals surface area contributed by atoms with Crippen LogP contribution >= 0.6 is 0 Å². The Morgan fingerprint density at radius 3 is 2.68 bits per heavy atom. The number of esters is 1. The second-order valence-corrected chi connectivity index (χ2v) is 8.60. The Labute approximate surface area is 181 Å². The zero-order valence-corrected chi connectivity index (χ0v) is 17.6. The summed E-state index contributed by atoms with van der Waals surface area (Å²) in [5.74, 6) is 2.31. The van der Waals surface area contributed by atoms with E-state index in [-0.39, 0.29) is 12.1 Å². The molecule has 31 heavy (non-hydrogen) atoms. The van der Waals surface area contributed by atoms with E-state index in [4.69, 9.17) is 9.47 Å². The van der Waals surface area contributed by atoms with Crippen molar-refractivity contribution in [1.82, 2.24) is 14.3 Å². The molecule has 0 radical (unpaired) electrons. The van der Waals surface area contributed by atoms with E-state index in [1.807, 2.05) is 18.3 Å². The van der Waals surface area contributed by atoms with Crippen molar-refractivity contribution in [3.8, 4) is 5.75 Å². The lowest BCUT2D eigenvalue weighted by Crippen LogP contribution is -2.42. The molecule has 2 aliphatic rings. The molecule has 4 atom stereocenters. The van der Waals surface area contributed by atoms with Crippen LogP contribution in [0.4, 0.5) is 0 Å². The van der Waals surface area contributed by atoms with Crippen LogP contribution in [0.2, 0.25) is 0 Å². The number of aliphatic hydroxyl groups excluding tert-OH is 1. The number of carbonyl (C=O) groups excluding carboxylic acids is 1. The van der Waals surface area contributed by atoms with Crippen molar-refractivity contribution in [3.63, 3.8) is 0 Å². The van der Waals surface area contributed by atoms with E-state index in [9.17, 15) is 9.90 Å². The normalized spacial score (nSPS) is 26.0. The molecule has 0 spiro atoms. The SMILES string of the molecule is COC(=O)c1ccc(O[C@H]2C[C@@H]3CN(Cc4ncc5ccccn45)C[C@@H]3C[C@@H]2O)cc1. The molecule has 0 unspecified atom stereocenters. The van der Waals surface area contributed by atoms with Crippen LogP contribution in [0, 0.1) is 11.8 Å². The number of likely N-dealkylation sites (tertiary alicyclic amines) is 1. The molecule has 162 valence electrons. The first-order valence-electron chi connectivity index (χ1n) is 10.8. The minimum absolute atomic E-state index is 0.238. The number of carbonyl (C=O) groups is 1. The quantitative estimate of drug-likeness (QED) is 0.639. The van der Waals surface area contributed by atoms with Gasteiger partial charge in [-0.2, -0.15) is 0 Å². The number of fused-ring (bicyclic) bond motifs is 2. The Morgan fingerprint density at radius 2 is 1.90 bits per heavy atom. The van der Waals surface area contributed by atoms with Gasteiger partial charge in [0.25, 0.3) is 0 Å². The van der Waals surface area contributed by atoms with Gasteiger partial charge in [0, 0.05) is 19.3 Å². The molecule has 1 aliphatic carbocycles. The maximum absolute atomic E-state index is 11.6. The lowest BCUT2D eigenvalue weighted by atomic mass is 9.78. The molecular formula is C24H27N3O4. The second kappa shape index (κ2) is 8.32. The largest absolute Gasteiger partial charge is 0.488 e. The minimum atomic E-state index is -0.492. The van der Waals surface area contributed by atoms with E-state index < -0.39 is 6.10 Å². The van der Waals surface area contributed by atoms with Crippen molar-refractivity contribution in [2.24, 2.45) is 11.8 Å². The molecule has 7 nitrogen and oxygen atoms in total. The van der Waals surface area contributed by atoms with Gasteiger partial charge >= 0.3 is 5.97 Å². The maximum atomic E-state index is 11.6. The third kappa shape index (κ3) is 4.03. The van der Waals surface area contributed by atoms with Crippen LogP contribution < -0.4 is 4.74 Å². The molecule has 1 N–H and O–H groups in total. The predicted molar refractivity (Wildman–Crippen MR) is 115 cm³/mol. The number of hydrogen-bond acceptors (Lipinski definition) is 6. The Bertz CT molecular complexity index is 1060. The van der Waals surface area contributed by atoms with Crippen molar-refractivity contribution in [2.75, 3.05) is 20.2 Å². The van der Waals surface area contributed by atoms with Crippen LogP contribution in [-0.4, -0.2) is 57.8 Å². The highest BCUT2D eigenvalue weighted by Crippen LogP contribution is 2.38. The van der Waals surface area contributed by atoms with Gasteiger partial charge < -0.3 is 19.0 Å². The van der Waals surface area contributed by atoms with Crippen molar-refractivity contribution in [2.45, 2.75) is 31.6 Å². The van der Waals surface area contributed by atoms with Crippen LogP contribution in [0.1, 0.15) is 29.0 Å². The molecule has 3 heterocycles. The average molecular weight is 421 g/mol. The molecule has 7 heteroatoms. The number of aromatic nitrogens is 2. The lowest BCUT2D eigenvalue weighted by molar-refractivity contribution is -0.0231. The topological polar surface area (TPSA) is 76.3 Å². The van der Waals surface area contributed by atoms with Crippen molar-refractivity contribution >= 4 is 11.5 Å². The highest BCUT2D eigenvalue weighted by Gasteiger charge is 2.42. The summed E-state index contributed by atoms with van der Waals surface area (Å²) in [6, 6.07) is 13.0. The Hall–Kier alpha value is -2.90. The van der Waals surface area contributed by atoms with Crippen molar-refractivity contribution in [1.29, 1.82) is 0 Å². The number of imidazole rings is 1. The van der Waals surface area contributed by atoms with Gasteiger partial charge in [-0.05, 0) is 61.1 Å².